The second kappa shape index (κ2) is 5.66. The molecule has 2 aromatic carbocycles. The maximum absolute atomic E-state index is 6.09. The van der Waals surface area contributed by atoms with Crippen LogP contribution in [0.25, 0.3) is 0 Å². The van der Waals surface area contributed by atoms with E-state index in [1.165, 1.54) is 10.5 Å². The zero-order chi connectivity index (χ0) is 13.2. The van der Waals surface area contributed by atoms with Crippen molar-refractivity contribution >= 4 is 35.0 Å². The first-order valence-corrected chi connectivity index (χ1v) is 7.68. The Kier molecular flexibility index (Phi) is 3.92. The molecule has 0 N–H and O–H groups in total. The summed E-state index contributed by atoms with van der Waals surface area (Å²) in [6.45, 7) is 0.653. The molecule has 0 bridgehead atoms. The molecule has 0 fully saturated rings. The van der Waals surface area contributed by atoms with Gasteiger partial charge in [-0.25, -0.2) is 0 Å². The molecule has 0 aromatic heterocycles. The Morgan fingerprint density at radius 3 is 2.79 bits per heavy atom. The summed E-state index contributed by atoms with van der Waals surface area (Å²) in [4.78, 5) is 1.36. The Labute approximate surface area is 126 Å². The minimum atomic E-state index is 0.448. The average Bonchev–Trinajstić information content (AvgIpc) is 2.80. The van der Waals surface area contributed by atoms with Crippen LogP contribution in [0.5, 0.6) is 5.75 Å². The van der Waals surface area contributed by atoms with Gasteiger partial charge in [0.15, 0.2) is 0 Å². The number of benzene rings is 2. The molecule has 0 aliphatic carbocycles. The summed E-state index contributed by atoms with van der Waals surface area (Å²) < 4.78 is 5.80. The van der Waals surface area contributed by atoms with Crippen molar-refractivity contribution in [2.75, 3.05) is 6.61 Å². The average molecular weight is 311 g/mol. The first-order valence-electron chi connectivity index (χ1n) is 6.05. The fourth-order valence-electron chi connectivity index (χ4n) is 2.12. The second-order valence-corrected chi connectivity index (χ2v) is 6.62. The molecule has 2 aromatic rings. The van der Waals surface area contributed by atoms with Gasteiger partial charge in [0.2, 0.25) is 0 Å². The summed E-state index contributed by atoms with van der Waals surface area (Å²) in [5, 5.41) is 1.64. The monoisotopic (exact) mass is 310 g/mol. The fraction of sp³-hybridized carbons (Fsp3) is 0.200. The van der Waals surface area contributed by atoms with Crippen LogP contribution in [-0.2, 0) is 6.42 Å². The molecule has 1 atom stereocenters. The van der Waals surface area contributed by atoms with Gasteiger partial charge in [-0.3, -0.25) is 0 Å². The predicted octanol–water partition coefficient (Wildman–Crippen LogP) is 5.09. The van der Waals surface area contributed by atoms with E-state index in [0.29, 0.717) is 27.7 Å². The fourth-order valence-corrected chi connectivity index (χ4v) is 3.80. The Balaban J connectivity index is 1.63. The number of hydrogen-bond acceptors (Lipinski definition) is 2. The topological polar surface area (TPSA) is 9.23 Å². The smallest absolute Gasteiger partial charge is 0.138 e. The first kappa shape index (κ1) is 13.2. The van der Waals surface area contributed by atoms with Gasteiger partial charge in [0.1, 0.15) is 12.4 Å². The van der Waals surface area contributed by atoms with Gasteiger partial charge in [-0.1, -0.05) is 41.4 Å². The van der Waals surface area contributed by atoms with Gasteiger partial charge < -0.3 is 4.74 Å². The van der Waals surface area contributed by atoms with Crippen LogP contribution in [0.2, 0.25) is 10.0 Å². The van der Waals surface area contributed by atoms with Crippen molar-refractivity contribution in [3.05, 3.63) is 58.1 Å². The largest absolute Gasteiger partial charge is 0.491 e. The number of ether oxygens (including phenoxy) is 1. The Morgan fingerprint density at radius 2 is 2.00 bits per heavy atom. The lowest BCUT2D eigenvalue weighted by molar-refractivity contribution is 0.318. The highest BCUT2D eigenvalue weighted by molar-refractivity contribution is 8.00. The van der Waals surface area contributed by atoms with Crippen LogP contribution < -0.4 is 4.74 Å². The first-order chi connectivity index (χ1) is 9.22. The van der Waals surface area contributed by atoms with Crippen LogP contribution in [0.15, 0.2) is 47.4 Å². The Hall–Kier alpha value is -0.830. The third-order valence-corrected chi connectivity index (χ3v) is 4.85. The van der Waals surface area contributed by atoms with Crippen molar-refractivity contribution in [2.45, 2.75) is 16.6 Å². The molecule has 1 aliphatic rings. The van der Waals surface area contributed by atoms with Crippen molar-refractivity contribution in [1.82, 2.24) is 0 Å². The van der Waals surface area contributed by atoms with Crippen LogP contribution in [0, 0.1) is 0 Å². The maximum atomic E-state index is 6.09. The summed E-state index contributed by atoms with van der Waals surface area (Å²) in [5.41, 5.74) is 1.41. The molecule has 0 amide bonds. The van der Waals surface area contributed by atoms with E-state index in [4.69, 9.17) is 27.9 Å². The highest BCUT2D eigenvalue weighted by Crippen LogP contribution is 2.37. The van der Waals surface area contributed by atoms with Gasteiger partial charge in [0, 0.05) is 15.2 Å². The van der Waals surface area contributed by atoms with Crippen LogP contribution >= 0.6 is 35.0 Å². The standard InChI is InChI=1S/C15H12Cl2OS/c16-11-5-6-14(13(17)8-11)18-9-12-7-10-3-1-2-4-15(10)19-12/h1-6,8,12H,7,9H2. The van der Waals surface area contributed by atoms with Crippen molar-refractivity contribution in [1.29, 1.82) is 0 Å². The van der Waals surface area contributed by atoms with Crippen molar-refractivity contribution in [3.63, 3.8) is 0 Å². The minimum Gasteiger partial charge on any atom is -0.491 e. The van der Waals surface area contributed by atoms with Crippen molar-refractivity contribution < 1.29 is 4.74 Å². The van der Waals surface area contributed by atoms with Gasteiger partial charge in [-0.05, 0) is 36.2 Å². The van der Waals surface area contributed by atoms with Gasteiger partial charge >= 0.3 is 0 Å². The number of thioether (sulfide) groups is 1. The summed E-state index contributed by atoms with van der Waals surface area (Å²) in [5.74, 6) is 0.697. The lowest BCUT2D eigenvalue weighted by Gasteiger charge is -2.12. The second-order valence-electron chi connectivity index (χ2n) is 4.44. The van der Waals surface area contributed by atoms with E-state index in [9.17, 15) is 0 Å². The van der Waals surface area contributed by atoms with E-state index in [0.717, 1.165) is 6.42 Å². The molecular weight excluding hydrogens is 299 g/mol. The molecule has 1 nitrogen and oxygen atoms in total. The Bertz CT molecular complexity index is 575. The number of hydrogen-bond donors (Lipinski definition) is 0. The molecule has 1 aliphatic heterocycles. The van der Waals surface area contributed by atoms with Crippen molar-refractivity contribution in [3.8, 4) is 5.75 Å². The maximum Gasteiger partial charge on any atom is 0.138 e. The van der Waals surface area contributed by atoms with Crippen LogP contribution in [0.4, 0.5) is 0 Å². The van der Waals surface area contributed by atoms with Gasteiger partial charge in [-0.2, -0.15) is 0 Å². The molecule has 19 heavy (non-hydrogen) atoms. The molecule has 0 radical (unpaired) electrons. The van der Waals surface area contributed by atoms with E-state index < -0.39 is 0 Å². The quantitative estimate of drug-likeness (QED) is 0.781. The molecule has 1 heterocycles. The van der Waals surface area contributed by atoms with Crippen LogP contribution in [-0.4, -0.2) is 11.9 Å². The van der Waals surface area contributed by atoms with Gasteiger partial charge in [0.05, 0.1) is 5.02 Å². The molecule has 0 saturated carbocycles. The molecule has 98 valence electrons. The molecule has 0 saturated heterocycles. The summed E-state index contributed by atoms with van der Waals surface area (Å²) in [7, 11) is 0. The van der Waals surface area contributed by atoms with E-state index >= 15 is 0 Å². The number of fused-ring (bicyclic) bond motifs is 1. The number of halogens is 2. The van der Waals surface area contributed by atoms with Gasteiger partial charge in [0.25, 0.3) is 0 Å². The van der Waals surface area contributed by atoms with E-state index in [2.05, 4.69) is 24.3 Å². The third-order valence-electron chi connectivity index (χ3n) is 3.03. The van der Waals surface area contributed by atoms with E-state index in [1.807, 2.05) is 17.8 Å². The zero-order valence-electron chi connectivity index (χ0n) is 10.1. The summed E-state index contributed by atoms with van der Waals surface area (Å²) in [6.07, 6.45) is 1.05. The highest BCUT2D eigenvalue weighted by atomic mass is 35.5. The Morgan fingerprint density at radius 1 is 1.16 bits per heavy atom. The SMILES string of the molecule is Clc1ccc(OCC2Cc3ccccc3S2)c(Cl)c1. The summed E-state index contributed by atoms with van der Waals surface area (Å²) >= 11 is 13.8. The molecule has 3 rings (SSSR count). The normalized spacial score (nSPS) is 17.3. The number of rotatable bonds is 3. The van der Waals surface area contributed by atoms with Crippen LogP contribution in [0.1, 0.15) is 5.56 Å². The molecule has 0 spiro atoms. The lowest BCUT2D eigenvalue weighted by atomic mass is 10.1. The zero-order valence-corrected chi connectivity index (χ0v) is 12.4. The third kappa shape index (κ3) is 3.02. The summed E-state index contributed by atoms with van der Waals surface area (Å²) in [6, 6.07) is 13.8. The molecule has 1 unspecified atom stereocenters. The highest BCUT2D eigenvalue weighted by Gasteiger charge is 2.22. The minimum absolute atomic E-state index is 0.448. The molecule has 4 heteroatoms. The lowest BCUT2D eigenvalue weighted by Crippen LogP contribution is -2.13. The predicted molar refractivity (Wildman–Crippen MR) is 81.7 cm³/mol. The molecular formula is C15H12Cl2OS. The van der Waals surface area contributed by atoms with Crippen LogP contribution in [0.3, 0.4) is 0 Å². The van der Waals surface area contributed by atoms with Gasteiger partial charge in [-0.15, -0.1) is 11.8 Å². The van der Waals surface area contributed by atoms with Crippen molar-refractivity contribution in [2.24, 2.45) is 0 Å². The van der Waals surface area contributed by atoms with E-state index in [1.54, 1.807) is 12.1 Å². The van der Waals surface area contributed by atoms with E-state index in [-0.39, 0.29) is 0 Å².